The van der Waals surface area contributed by atoms with Gasteiger partial charge >= 0.3 is 0 Å². The number of nitrogens with zero attached hydrogens (tertiary/aromatic N) is 3. The van der Waals surface area contributed by atoms with Gasteiger partial charge in [-0.25, -0.2) is 4.98 Å². The molecule has 0 bridgehead atoms. The van der Waals surface area contributed by atoms with Gasteiger partial charge in [-0.15, -0.1) is 11.5 Å². The Morgan fingerprint density at radius 3 is 3.00 bits per heavy atom. The van der Waals surface area contributed by atoms with Crippen LogP contribution in [0.4, 0.5) is 0 Å². The molecular weight excluding hydrogens is 262 g/mol. The van der Waals surface area contributed by atoms with E-state index in [0.717, 1.165) is 5.56 Å². The monoisotopic (exact) mass is 273 g/mol. The van der Waals surface area contributed by atoms with Crippen molar-refractivity contribution in [3.8, 4) is 23.7 Å². The van der Waals surface area contributed by atoms with Crippen LogP contribution in [0.25, 0.3) is 11.4 Å². The standard InChI is InChI=1S/C12H11N5OS/c1-2-5-14-10(18)8-19-12-15-11(16-17-12)9-3-6-13-7-4-9/h1,3-4,6-7H,5,8H2,(H,14,18)(H,15,16,17). The van der Waals surface area contributed by atoms with Crippen molar-refractivity contribution in [2.75, 3.05) is 12.3 Å². The van der Waals surface area contributed by atoms with Gasteiger partial charge in [0, 0.05) is 18.0 Å². The number of aromatic nitrogens is 4. The molecule has 96 valence electrons. The van der Waals surface area contributed by atoms with Crippen LogP contribution in [0.3, 0.4) is 0 Å². The zero-order chi connectivity index (χ0) is 13.5. The van der Waals surface area contributed by atoms with Crippen LogP contribution in [0.2, 0.25) is 0 Å². The van der Waals surface area contributed by atoms with Gasteiger partial charge < -0.3 is 5.32 Å². The zero-order valence-corrected chi connectivity index (χ0v) is 10.8. The number of aromatic amines is 1. The van der Waals surface area contributed by atoms with E-state index in [1.807, 2.05) is 12.1 Å². The van der Waals surface area contributed by atoms with E-state index in [2.05, 4.69) is 31.4 Å². The maximum absolute atomic E-state index is 11.4. The molecule has 0 aliphatic rings. The summed E-state index contributed by atoms with van der Waals surface area (Å²) in [5, 5.41) is 9.93. The number of rotatable bonds is 5. The van der Waals surface area contributed by atoms with E-state index < -0.39 is 0 Å². The summed E-state index contributed by atoms with van der Waals surface area (Å²) >= 11 is 1.24. The minimum atomic E-state index is -0.141. The van der Waals surface area contributed by atoms with Crippen molar-refractivity contribution in [1.29, 1.82) is 0 Å². The molecule has 0 atom stereocenters. The van der Waals surface area contributed by atoms with Crippen LogP contribution >= 0.6 is 11.8 Å². The van der Waals surface area contributed by atoms with Crippen LogP contribution in [0.1, 0.15) is 0 Å². The number of thioether (sulfide) groups is 1. The Morgan fingerprint density at radius 2 is 2.26 bits per heavy atom. The van der Waals surface area contributed by atoms with Crippen LogP contribution in [-0.2, 0) is 4.79 Å². The Bertz CT molecular complexity index is 590. The fraction of sp³-hybridized carbons (Fsp3) is 0.167. The van der Waals surface area contributed by atoms with E-state index in [9.17, 15) is 4.79 Å². The Morgan fingerprint density at radius 1 is 1.47 bits per heavy atom. The number of nitrogens with one attached hydrogen (secondary N) is 2. The SMILES string of the molecule is C#CCNC(=O)CSc1n[nH]c(-c2ccncc2)n1. The van der Waals surface area contributed by atoms with Gasteiger partial charge in [-0.2, -0.15) is 0 Å². The molecule has 0 saturated carbocycles. The third-order valence-electron chi connectivity index (χ3n) is 2.14. The predicted octanol–water partition coefficient (Wildman–Crippen LogP) is 0.708. The molecule has 0 spiro atoms. The first kappa shape index (κ1) is 13.1. The summed E-state index contributed by atoms with van der Waals surface area (Å²) in [7, 11) is 0. The fourth-order valence-corrected chi connectivity index (χ4v) is 1.91. The summed E-state index contributed by atoms with van der Waals surface area (Å²) in [5.41, 5.74) is 0.895. The highest BCUT2D eigenvalue weighted by atomic mass is 32.2. The average molecular weight is 273 g/mol. The van der Waals surface area contributed by atoms with Crippen molar-refractivity contribution in [1.82, 2.24) is 25.5 Å². The third-order valence-corrected chi connectivity index (χ3v) is 2.99. The van der Waals surface area contributed by atoms with Gasteiger partial charge in [0.1, 0.15) is 0 Å². The van der Waals surface area contributed by atoms with E-state index >= 15 is 0 Å². The van der Waals surface area contributed by atoms with Gasteiger partial charge in [-0.1, -0.05) is 17.7 Å². The van der Waals surface area contributed by atoms with Crippen molar-refractivity contribution in [3.05, 3.63) is 24.5 Å². The molecular formula is C12H11N5OS. The first-order valence-corrected chi connectivity index (χ1v) is 6.44. The largest absolute Gasteiger partial charge is 0.344 e. The van der Waals surface area contributed by atoms with Crippen LogP contribution < -0.4 is 5.32 Å². The number of H-pyrrole nitrogens is 1. The van der Waals surface area contributed by atoms with Gasteiger partial charge in [-0.05, 0) is 12.1 Å². The molecule has 6 nitrogen and oxygen atoms in total. The lowest BCUT2D eigenvalue weighted by atomic mass is 10.3. The Labute approximate surface area is 114 Å². The molecule has 0 fully saturated rings. The second-order valence-corrected chi connectivity index (χ2v) is 4.41. The molecule has 0 aliphatic carbocycles. The summed E-state index contributed by atoms with van der Waals surface area (Å²) in [5.74, 6) is 3.08. The van der Waals surface area contributed by atoms with Gasteiger partial charge in [0.05, 0.1) is 12.3 Å². The van der Waals surface area contributed by atoms with Crippen molar-refractivity contribution in [2.24, 2.45) is 0 Å². The predicted molar refractivity (Wildman–Crippen MR) is 72.2 cm³/mol. The zero-order valence-electron chi connectivity index (χ0n) is 9.96. The van der Waals surface area contributed by atoms with Gasteiger partial charge in [0.25, 0.3) is 0 Å². The van der Waals surface area contributed by atoms with Crippen LogP contribution in [0, 0.1) is 12.3 Å². The number of hydrogen-bond acceptors (Lipinski definition) is 5. The number of amides is 1. The molecule has 0 unspecified atom stereocenters. The molecule has 2 rings (SSSR count). The van der Waals surface area contributed by atoms with Crippen molar-refractivity contribution in [2.45, 2.75) is 5.16 Å². The number of terminal acetylenes is 1. The molecule has 2 aromatic rings. The van der Waals surface area contributed by atoms with Gasteiger partial charge in [0.2, 0.25) is 11.1 Å². The highest BCUT2D eigenvalue weighted by Gasteiger charge is 2.08. The summed E-state index contributed by atoms with van der Waals surface area (Å²) in [6.07, 6.45) is 8.40. The molecule has 1 amide bonds. The smallest absolute Gasteiger partial charge is 0.231 e. The van der Waals surface area contributed by atoms with E-state index in [1.165, 1.54) is 11.8 Å². The molecule has 0 radical (unpaired) electrons. The molecule has 19 heavy (non-hydrogen) atoms. The summed E-state index contributed by atoms with van der Waals surface area (Å²) in [4.78, 5) is 19.6. The highest BCUT2D eigenvalue weighted by molar-refractivity contribution is 7.99. The molecule has 0 saturated heterocycles. The normalized spacial score (nSPS) is 9.84. The number of hydrogen-bond donors (Lipinski definition) is 2. The molecule has 7 heteroatoms. The number of carbonyl (C=O) groups is 1. The Hall–Kier alpha value is -2.33. The van der Waals surface area contributed by atoms with Gasteiger partial charge in [-0.3, -0.25) is 14.9 Å². The Kier molecular flexibility index (Phi) is 4.53. The lowest BCUT2D eigenvalue weighted by molar-refractivity contribution is -0.118. The first-order chi connectivity index (χ1) is 9.29. The van der Waals surface area contributed by atoms with E-state index in [0.29, 0.717) is 11.0 Å². The van der Waals surface area contributed by atoms with Crippen LogP contribution in [0.15, 0.2) is 29.7 Å². The minimum Gasteiger partial charge on any atom is -0.344 e. The van der Waals surface area contributed by atoms with Crippen LogP contribution in [-0.4, -0.2) is 38.4 Å². The summed E-state index contributed by atoms with van der Waals surface area (Å²) < 4.78 is 0. The average Bonchev–Trinajstić information content (AvgIpc) is 2.93. The lowest BCUT2D eigenvalue weighted by Crippen LogP contribution is -2.25. The van der Waals surface area contributed by atoms with E-state index in [4.69, 9.17) is 6.42 Å². The highest BCUT2D eigenvalue weighted by Crippen LogP contribution is 2.17. The molecule has 0 aromatic carbocycles. The topological polar surface area (TPSA) is 83.6 Å². The third kappa shape index (κ3) is 3.82. The maximum atomic E-state index is 11.4. The molecule has 0 aliphatic heterocycles. The minimum absolute atomic E-state index is 0.141. The maximum Gasteiger partial charge on any atom is 0.231 e. The molecule has 2 heterocycles. The number of carbonyl (C=O) groups excluding carboxylic acids is 1. The van der Waals surface area contributed by atoms with Crippen molar-refractivity contribution >= 4 is 17.7 Å². The van der Waals surface area contributed by atoms with Gasteiger partial charge in [0.15, 0.2) is 5.82 Å². The summed E-state index contributed by atoms with van der Waals surface area (Å²) in [6.45, 7) is 0.232. The molecule has 2 aromatic heterocycles. The lowest BCUT2D eigenvalue weighted by Gasteiger charge is -1.98. The van der Waals surface area contributed by atoms with Crippen molar-refractivity contribution < 1.29 is 4.79 Å². The quantitative estimate of drug-likeness (QED) is 0.619. The number of pyridine rings is 1. The van der Waals surface area contributed by atoms with E-state index in [1.54, 1.807) is 12.4 Å². The van der Waals surface area contributed by atoms with E-state index in [-0.39, 0.29) is 18.2 Å². The Balaban J connectivity index is 1.92. The molecule has 2 N–H and O–H groups in total. The first-order valence-electron chi connectivity index (χ1n) is 5.45. The second kappa shape index (κ2) is 6.56. The summed E-state index contributed by atoms with van der Waals surface area (Å²) in [6, 6.07) is 3.66. The van der Waals surface area contributed by atoms with Crippen molar-refractivity contribution in [3.63, 3.8) is 0 Å². The fourth-order valence-electron chi connectivity index (χ4n) is 1.28. The van der Waals surface area contributed by atoms with Crippen LogP contribution in [0.5, 0.6) is 0 Å². The second-order valence-electron chi connectivity index (χ2n) is 3.47.